The lowest BCUT2D eigenvalue weighted by Gasteiger charge is -2.18. The molecular formula is C12H15ClN2O2. The Morgan fingerprint density at radius 3 is 2.29 bits per heavy atom. The summed E-state index contributed by atoms with van der Waals surface area (Å²) in [5.74, 6) is -0.596. The number of nitrogens with two attached hydrogens (primary N) is 1. The second-order valence-electron chi connectivity index (χ2n) is 3.87. The Kier molecular flexibility index (Phi) is 4.52. The normalized spacial score (nSPS) is 11.9. The summed E-state index contributed by atoms with van der Waals surface area (Å²) in [6.07, 6.45) is 0. The van der Waals surface area contributed by atoms with Gasteiger partial charge in [-0.2, -0.15) is 0 Å². The molecule has 5 heteroatoms. The average molecular weight is 255 g/mol. The maximum absolute atomic E-state index is 11.5. The van der Waals surface area contributed by atoms with Crippen molar-refractivity contribution >= 4 is 23.4 Å². The van der Waals surface area contributed by atoms with Gasteiger partial charge in [0, 0.05) is 19.2 Å². The van der Waals surface area contributed by atoms with Crippen molar-refractivity contribution in [3.8, 4) is 0 Å². The Morgan fingerprint density at radius 2 is 1.88 bits per heavy atom. The molecule has 2 amide bonds. The zero-order valence-corrected chi connectivity index (χ0v) is 10.6. The minimum absolute atomic E-state index is 0.134. The van der Waals surface area contributed by atoms with Gasteiger partial charge < -0.3 is 10.6 Å². The van der Waals surface area contributed by atoms with Crippen molar-refractivity contribution in [1.82, 2.24) is 4.90 Å². The van der Waals surface area contributed by atoms with Gasteiger partial charge >= 0.3 is 0 Å². The fraction of sp³-hybridized carbons (Fsp3) is 0.333. The molecule has 1 rings (SSSR count). The third kappa shape index (κ3) is 3.75. The zero-order valence-electron chi connectivity index (χ0n) is 9.81. The van der Waals surface area contributed by atoms with E-state index in [9.17, 15) is 9.59 Å². The van der Waals surface area contributed by atoms with Crippen LogP contribution in [0.25, 0.3) is 0 Å². The second kappa shape index (κ2) is 5.68. The Labute approximate surface area is 105 Å². The van der Waals surface area contributed by atoms with Gasteiger partial charge in [-0.25, -0.2) is 0 Å². The third-order valence-electron chi connectivity index (χ3n) is 2.37. The van der Waals surface area contributed by atoms with E-state index in [0.717, 1.165) is 5.56 Å². The Morgan fingerprint density at radius 1 is 1.35 bits per heavy atom. The van der Waals surface area contributed by atoms with E-state index in [2.05, 4.69) is 0 Å². The van der Waals surface area contributed by atoms with Gasteiger partial charge in [0.05, 0.1) is 0 Å². The molecule has 0 aliphatic rings. The quantitative estimate of drug-likeness (QED) is 0.825. The molecule has 1 aromatic rings. The number of hydrogen-bond acceptors (Lipinski definition) is 2. The number of benzene rings is 1. The van der Waals surface area contributed by atoms with Gasteiger partial charge in [-0.15, -0.1) is 11.6 Å². The van der Waals surface area contributed by atoms with Gasteiger partial charge in [0.25, 0.3) is 0 Å². The summed E-state index contributed by atoms with van der Waals surface area (Å²) >= 11 is 5.70. The number of alkyl halides is 1. The summed E-state index contributed by atoms with van der Waals surface area (Å²) in [6, 6.07) is 6.81. The number of rotatable bonds is 4. The van der Waals surface area contributed by atoms with Gasteiger partial charge in [-0.3, -0.25) is 9.59 Å². The van der Waals surface area contributed by atoms with Crippen molar-refractivity contribution in [3.05, 3.63) is 35.4 Å². The van der Waals surface area contributed by atoms with Crippen molar-refractivity contribution in [2.45, 2.75) is 18.8 Å². The van der Waals surface area contributed by atoms with Crippen LogP contribution in [0.3, 0.4) is 0 Å². The monoisotopic (exact) mass is 254 g/mol. The molecular weight excluding hydrogens is 240 g/mol. The highest BCUT2D eigenvalue weighted by molar-refractivity contribution is 6.30. The molecule has 0 saturated carbocycles. The number of hydrogen-bond donors (Lipinski definition) is 1. The van der Waals surface area contributed by atoms with Crippen molar-refractivity contribution in [2.75, 3.05) is 7.05 Å². The molecule has 1 unspecified atom stereocenters. The molecule has 0 aromatic heterocycles. The molecule has 0 radical (unpaired) electrons. The van der Waals surface area contributed by atoms with Crippen LogP contribution in [0.4, 0.5) is 0 Å². The van der Waals surface area contributed by atoms with E-state index in [4.69, 9.17) is 17.3 Å². The number of amides is 2. The molecule has 0 fully saturated rings. The molecule has 0 spiro atoms. The summed E-state index contributed by atoms with van der Waals surface area (Å²) in [6.45, 7) is 2.09. The van der Waals surface area contributed by atoms with Gasteiger partial charge in [-0.05, 0) is 24.6 Å². The van der Waals surface area contributed by atoms with Gasteiger partial charge in [-0.1, -0.05) is 12.1 Å². The van der Waals surface area contributed by atoms with Crippen molar-refractivity contribution < 1.29 is 9.59 Å². The van der Waals surface area contributed by atoms with Crippen LogP contribution in [0.5, 0.6) is 0 Å². The van der Waals surface area contributed by atoms with Crippen molar-refractivity contribution in [3.63, 3.8) is 0 Å². The predicted molar refractivity (Wildman–Crippen MR) is 66.7 cm³/mol. The third-order valence-corrected chi connectivity index (χ3v) is 2.56. The predicted octanol–water partition coefficient (Wildman–Crippen LogP) is 1.37. The second-order valence-corrected chi connectivity index (χ2v) is 4.53. The Hall–Kier alpha value is -1.55. The van der Waals surface area contributed by atoms with Crippen LogP contribution in [-0.2, 0) is 11.3 Å². The van der Waals surface area contributed by atoms with E-state index in [0.29, 0.717) is 12.1 Å². The summed E-state index contributed by atoms with van der Waals surface area (Å²) in [4.78, 5) is 24.0. The first-order valence-corrected chi connectivity index (χ1v) is 5.63. The molecule has 0 aliphatic carbocycles. The number of nitrogens with zero attached hydrogens (tertiary/aromatic N) is 1. The molecule has 4 nitrogen and oxygen atoms in total. The minimum atomic E-state index is -0.537. The number of halogens is 1. The highest BCUT2D eigenvalue weighted by atomic mass is 35.5. The minimum Gasteiger partial charge on any atom is -0.366 e. The maximum Gasteiger partial charge on any atom is 0.248 e. The Bertz CT molecular complexity index is 415. The van der Waals surface area contributed by atoms with E-state index in [1.54, 1.807) is 38.2 Å². The maximum atomic E-state index is 11.5. The van der Waals surface area contributed by atoms with E-state index in [1.165, 1.54) is 4.90 Å². The SMILES string of the molecule is CC(Cl)C(=O)N(C)Cc1ccc(C(N)=O)cc1. The lowest BCUT2D eigenvalue weighted by molar-refractivity contribution is -0.129. The standard InChI is InChI=1S/C12H15ClN2O2/c1-8(13)12(17)15(2)7-9-3-5-10(6-4-9)11(14)16/h3-6,8H,7H2,1-2H3,(H2,14,16). The first kappa shape index (κ1) is 13.5. The van der Waals surface area contributed by atoms with Gasteiger partial charge in [0.1, 0.15) is 5.38 Å². The van der Waals surface area contributed by atoms with Crippen LogP contribution in [0.15, 0.2) is 24.3 Å². The summed E-state index contributed by atoms with van der Waals surface area (Å²) < 4.78 is 0. The molecule has 0 heterocycles. The summed E-state index contributed by atoms with van der Waals surface area (Å²) in [5.41, 5.74) is 6.50. The molecule has 1 atom stereocenters. The molecule has 2 N–H and O–H groups in total. The van der Waals surface area contributed by atoms with Crippen LogP contribution >= 0.6 is 11.6 Å². The summed E-state index contributed by atoms with van der Waals surface area (Å²) in [5, 5.41) is -0.537. The largest absolute Gasteiger partial charge is 0.366 e. The number of carbonyl (C=O) groups is 2. The molecule has 17 heavy (non-hydrogen) atoms. The molecule has 0 bridgehead atoms. The fourth-order valence-electron chi connectivity index (χ4n) is 1.43. The van der Waals surface area contributed by atoms with Crippen molar-refractivity contribution in [2.24, 2.45) is 5.73 Å². The zero-order chi connectivity index (χ0) is 13.0. The lowest BCUT2D eigenvalue weighted by atomic mass is 10.1. The van der Waals surface area contributed by atoms with Crippen LogP contribution < -0.4 is 5.73 Å². The number of primary amides is 1. The average Bonchev–Trinajstić information content (AvgIpc) is 2.28. The van der Waals surface area contributed by atoms with E-state index >= 15 is 0 Å². The van der Waals surface area contributed by atoms with E-state index < -0.39 is 11.3 Å². The molecule has 0 aliphatic heterocycles. The van der Waals surface area contributed by atoms with Gasteiger partial charge in [0.15, 0.2) is 0 Å². The van der Waals surface area contributed by atoms with Crippen molar-refractivity contribution in [1.29, 1.82) is 0 Å². The van der Waals surface area contributed by atoms with E-state index in [-0.39, 0.29) is 5.91 Å². The highest BCUT2D eigenvalue weighted by Gasteiger charge is 2.14. The first-order chi connectivity index (χ1) is 7.91. The number of carbonyl (C=O) groups excluding carboxylic acids is 2. The van der Waals surface area contributed by atoms with Crippen LogP contribution in [0.2, 0.25) is 0 Å². The lowest BCUT2D eigenvalue weighted by Crippen LogP contribution is -2.31. The van der Waals surface area contributed by atoms with Crippen LogP contribution in [0, 0.1) is 0 Å². The van der Waals surface area contributed by atoms with Gasteiger partial charge in [0.2, 0.25) is 11.8 Å². The first-order valence-electron chi connectivity index (χ1n) is 5.19. The van der Waals surface area contributed by atoms with Crippen LogP contribution in [0.1, 0.15) is 22.8 Å². The fourth-order valence-corrected chi connectivity index (χ4v) is 1.60. The smallest absolute Gasteiger partial charge is 0.248 e. The molecule has 92 valence electrons. The molecule has 0 saturated heterocycles. The topological polar surface area (TPSA) is 63.4 Å². The highest BCUT2D eigenvalue weighted by Crippen LogP contribution is 2.08. The van der Waals surface area contributed by atoms with Crippen LogP contribution in [-0.4, -0.2) is 29.1 Å². The molecule has 1 aromatic carbocycles. The van der Waals surface area contributed by atoms with E-state index in [1.807, 2.05) is 0 Å². The summed E-state index contributed by atoms with van der Waals surface area (Å²) in [7, 11) is 1.68. The Balaban J connectivity index is 2.69.